The lowest BCUT2D eigenvalue weighted by molar-refractivity contribution is 0.334. The second-order valence-corrected chi connectivity index (χ2v) is 4.20. The first-order valence-corrected chi connectivity index (χ1v) is 5.11. The fourth-order valence-corrected chi connectivity index (χ4v) is 1.62. The van der Waals surface area contributed by atoms with Crippen LogP contribution in [-0.2, 0) is 0 Å². The molecule has 1 heteroatoms. The van der Waals surface area contributed by atoms with Crippen LogP contribution in [0.5, 0.6) is 5.75 Å². The van der Waals surface area contributed by atoms with Gasteiger partial charge in [-0.05, 0) is 36.1 Å². The summed E-state index contributed by atoms with van der Waals surface area (Å²) in [6.45, 7) is 7.24. The predicted molar refractivity (Wildman–Crippen MR) is 59.5 cm³/mol. The van der Waals surface area contributed by atoms with Crippen LogP contribution in [0.4, 0.5) is 0 Å². The van der Waals surface area contributed by atoms with Gasteiger partial charge in [0.15, 0.2) is 0 Å². The molecule has 0 radical (unpaired) electrons. The van der Waals surface area contributed by atoms with Crippen LogP contribution in [-0.4, -0.2) is 6.61 Å². The molecule has 74 valence electrons. The molecule has 0 aromatic heterocycles. The van der Waals surface area contributed by atoms with Crippen molar-refractivity contribution in [1.82, 2.24) is 0 Å². The van der Waals surface area contributed by atoms with Gasteiger partial charge in [0, 0.05) is 5.56 Å². The van der Waals surface area contributed by atoms with E-state index in [0.717, 1.165) is 12.4 Å². The summed E-state index contributed by atoms with van der Waals surface area (Å²) in [4.78, 5) is 0. The summed E-state index contributed by atoms with van der Waals surface area (Å²) in [5, 5.41) is 0. The summed E-state index contributed by atoms with van der Waals surface area (Å²) in [6.07, 6.45) is 2.25. The molecule has 2 rings (SSSR count). The SMILES string of the molecule is Cc1ccc2c(c1)OCC(C(C)C)=C2. The van der Waals surface area contributed by atoms with E-state index < -0.39 is 0 Å². The van der Waals surface area contributed by atoms with Gasteiger partial charge in [-0.3, -0.25) is 0 Å². The van der Waals surface area contributed by atoms with Gasteiger partial charge in [0.1, 0.15) is 12.4 Å². The van der Waals surface area contributed by atoms with E-state index in [9.17, 15) is 0 Å². The van der Waals surface area contributed by atoms with Crippen molar-refractivity contribution in [3.63, 3.8) is 0 Å². The van der Waals surface area contributed by atoms with Crippen LogP contribution in [0.2, 0.25) is 0 Å². The third-order valence-electron chi connectivity index (χ3n) is 2.65. The van der Waals surface area contributed by atoms with E-state index in [4.69, 9.17) is 4.74 Å². The van der Waals surface area contributed by atoms with Crippen LogP contribution in [0.3, 0.4) is 0 Å². The minimum Gasteiger partial charge on any atom is -0.489 e. The molecule has 0 aliphatic carbocycles. The van der Waals surface area contributed by atoms with Gasteiger partial charge >= 0.3 is 0 Å². The lowest BCUT2D eigenvalue weighted by atomic mass is 9.98. The van der Waals surface area contributed by atoms with E-state index in [2.05, 4.69) is 45.0 Å². The average molecular weight is 188 g/mol. The van der Waals surface area contributed by atoms with Gasteiger partial charge in [-0.25, -0.2) is 0 Å². The van der Waals surface area contributed by atoms with Crippen LogP contribution in [0.25, 0.3) is 6.08 Å². The lowest BCUT2D eigenvalue weighted by Gasteiger charge is -2.20. The molecule has 0 fully saturated rings. The molecule has 0 atom stereocenters. The summed E-state index contributed by atoms with van der Waals surface area (Å²) in [5.41, 5.74) is 3.84. The number of aryl methyl sites for hydroxylation is 1. The smallest absolute Gasteiger partial charge is 0.127 e. The Morgan fingerprint density at radius 3 is 2.79 bits per heavy atom. The minimum absolute atomic E-state index is 0.574. The van der Waals surface area contributed by atoms with E-state index in [1.807, 2.05) is 0 Å². The first-order chi connectivity index (χ1) is 6.66. The first kappa shape index (κ1) is 9.32. The Kier molecular flexibility index (Phi) is 2.32. The lowest BCUT2D eigenvalue weighted by Crippen LogP contribution is -2.11. The maximum absolute atomic E-state index is 5.71. The van der Waals surface area contributed by atoms with Crippen molar-refractivity contribution in [3.8, 4) is 5.75 Å². The van der Waals surface area contributed by atoms with Gasteiger partial charge in [0.05, 0.1) is 0 Å². The van der Waals surface area contributed by atoms with Crippen molar-refractivity contribution in [2.24, 2.45) is 5.92 Å². The summed E-state index contributed by atoms with van der Waals surface area (Å²) in [5.74, 6) is 1.60. The molecule has 1 aliphatic rings. The summed E-state index contributed by atoms with van der Waals surface area (Å²) in [7, 11) is 0. The molecule has 1 aromatic rings. The topological polar surface area (TPSA) is 9.23 Å². The van der Waals surface area contributed by atoms with E-state index in [0.29, 0.717) is 5.92 Å². The highest BCUT2D eigenvalue weighted by Crippen LogP contribution is 2.29. The Morgan fingerprint density at radius 1 is 1.29 bits per heavy atom. The highest BCUT2D eigenvalue weighted by atomic mass is 16.5. The third kappa shape index (κ3) is 1.67. The Hall–Kier alpha value is -1.24. The quantitative estimate of drug-likeness (QED) is 0.656. The van der Waals surface area contributed by atoms with Gasteiger partial charge in [-0.2, -0.15) is 0 Å². The Bertz CT molecular complexity index is 375. The summed E-state index contributed by atoms with van der Waals surface area (Å²) >= 11 is 0. The molecular formula is C13H16O. The molecular weight excluding hydrogens is 172 g/mol. The van der Waals surface area contributed by atoms with Gasteiger partial charge in [0.25, 0.3) is 0 Å². The molecule has 1 nitrogen and oxygen atoms in total. The highest BCUT2D eigenvalue weighted by molar-refractivity contribution is 5.63. The van der Waals surface area contributed by atoms with Crippen LogP contribution in [0.1, 0.15) is 25.0 Å². The summed E-state index contributed by atoms with van der Waals surface area (Å²) in [6, 6.07) is 6.36. The molecule has 0 N–H and O–H groups in total. The first-order valence-electron chi connectivity index (χ1n) is 5.11. The van der Waals surface area contributed by atoms with E-state index in [1.165, 1.54) is 16.7 Å². The molecule has 1 aliphatic heterocycles. The molecule has 1 heterocycles. The second-order valence-electron chi connectivity index (χ2n) is 4.20. The molecule has 0 amide bonds. The Balaban J connectivity index is 2.40. The third-order valence-corrected chi connectivity index (χ3v) is 2.65. The number of fused-ring (bicyclic) bond motifs is 1. The van der Waals surface area contributed by atoms with E-state index in [-0.39, 0.29) is 0 Å². The van der Waals surface area contributed by atoms with Gasteiger partial charge in [0.2, 0.25) is 0 Å². The van der Waals surface area contributed by atoms with Crippen LogP contribution >= 0.6 is 0 Å². The predicted octanol–water partition coefficient (Wildman–Crippen LogP) is 3.43. The van der Waals surface area contributed by atoms with Gasteiger partial charge < -0.3 is 4.74 Å². The molecule has 1 aromatic carbocycles. The van der Waals surface area contributed by atoms with Crippen molar-refractivity contribution in [1.29, 1.82) is 0 Å². The molecule has 14 heavy (non-hydrogen) atoms. The highest BCUT2D eigenvalue weighted by Gasteiger charge is 2.13. The zero-order valence-corrected chi connectivity index (χ0v) is 9.00. The molecule has 0 saturated heterocycles. The van der Waals surface area contributed by atoms with E-state index in [1.54, 1.807) is 0 Å². The van der Waals surface area contributed by atoms with Crippen molar-refractivity contribution >= 4 is 6.08 Å². The molecule has 0 unspecified atom stereocenters. The zero-order chi connectivity index (χ0) is 10.1. The number of ether oxygens (including phenoxy) is 1. The summed E-state index contributed by atoms with van der Waals surface area (Å²) < 4.78 is 5.71. The monoisotopic (exact) mass is 188 g/mol. The van der Waals surface area contributed by atoms with Gasteiger partial charge in [-0.1, -0.05) is 26.0 Å². The normalized spacial score (nSPS) is 14.7. The van der Waals surface area contributed by atoms with Crippen molar-refractivity contribution < 1.29 is 4.74 Å². The van der Waals surface area contributed by atoms with Crippen molar-refractivity contribution in [2.75, 3.05) is 6.61 Å². The van der Waals surface area contributed by atoms with Crippen LogP contribution in [0.15, 0.2) is 23.8 Å². The van der Waals surface area contributed by atoms with Crippen molar-refractivity contribution in [3.05, 3.63) is 34.9 Å². The van der Waals surface area contributed by atoms with Crippen LogP contribution in [0, 0.1) is 12.8 Å². The molecule has 0 saturated carbocycles. The maximum Gasteiger partial charge on any atom is 0.127 e. The fourth-order valence-electron chi connectivity index (χ4n) is 1.62. The Labute approximate surface area is 85.4 Å². The van der Waals surface area contributed by atoms with E-state index >= 15 is 0 Å². The number of hydrogen-bond donors (Lipinski definition) is 0. The molecule has 0 bridgehead atoms. The van der Waals surface area contributed by atoms with Crippen LogP contribution < -0.4 is 4.74 Å². The fraction of sp³-hybridized carbons (Fsp3) is 0.385. The largest absolute Gasteiger partial charge is 0.489 e. The Morgan fingerprint density at radius 2 is 2.07 bits per heavy atom. The van der Waals surface area contributed by atoms with Gasteiger partial charge in [-0.15, -0.1) is 0 Å². The van der Waals surface area contributed by atoms with Crippen molar-refractivity contribution in [2.45, 2.75) is 20.8 Å². The second kappa shape index (κ2) is 3.49. The maximum atomic E-state index is 5.71. The average Bonchev–Trinajstić information content (AvgIpc) is 2.16. The zero-order valence-electron chi connectivity index (χ0n) is 9.00. The number of rotatable bonds is 1. The number of benzene rings is 1. The standard InChI is InChI=1S/C13H16O/c1-9(2)12-7-11-5-4-10(3)6-13(11)14-8-12/h4-7,9H,8H2,1-3H3. The number of hydrogen-bond acceptors (Lipinski definition) is 1. The molecule has 0 spiro atoms. The minimum atomic E-state index is 0.574.